The Bertz CT molecular complexity index is 982. The predicted molar refractivity (Wildman–Crippen MR) is 116 cm³/mol. The summed E-state index contributed by atoms with van der Waals surface area (Å²) in [6, 6.07) is 12.6. The largest absolute Gasteiger partial charge is 0.494 e. The third kappa shape index (κ3) is 3.83. The van der Waals surface area contributed by atoms with Crippen molar-refractivity contribution in [2.45, 2.75) is 45.3 Å². The highest BCUT2D eigenvalue weighted by Crippen LogP contribution is 2.38. The van der Waals surface area contributed by atoms with Crippen LogP contribution in [0.15, 0.2) is 42.5 Å². The van der Waals surface area contributed by atoms with Gasteiger partial charge >= 0.3 is 0 Å². The second kappa shape index (κ2) is 8.06. The first-order chi connectivity index (χ1) is 13.7. The van der Waals surface area contributed by atoms with Crippen molar-refractivity contribution < 1.29 is 17.9 Å². The van der Waals surface area contributed by atoms with Gasteiger partial charge in [0.2, 0.25) is 15.9 Å². The van der Waals surface area contributed by atoms with Crippen molar-refractivity contribution in [1.29, 1.82) is 0 Å². The molecule has 0 radical (unpaired) electrons. The molecule has 0 aromatic heterocycles. The molecule has 7 heteroatoms. The third-order valence-corrected chi connectivity index (χ3v) is 7.94. The molecule has 1 amide bonds. The van der Waals surface area contributed by atoms with E-state index in [1.165, 1.54) is 11.2 Å². The van der Waals surface area contributed by atoms with Crippen LogP contribution < -0.4 is 14.4 Å². The number of nitrogens with zero attached hydrogens (tertiary/aromatic N) is 1. The van der Waals surface area contributed by atoms with E-state index in [0.717, 1.165) is 11.1 Å². The minimum atomic E-state index is -3.90. The third-order valence-electron chi connectivity index (χ3n) is 5.47. The van der Waals surface area contributed by atoms with E-state index in [1.807, 2.05) is 39.0 Å². The Balaban J connectivity index is 1.90. The van der Waals surface area contributed by atoms with E-state index in [2.05, 4.69) is 5.32 Å². The maximum absolute atomic E-state index is 13.6. The van der Waals surface area contributed by atoms with Crippen LogP contribution in [0, 0.1) is 13.8 Å². The number of anilines is 2. The number of hydrogen-bond acceptors (Lipinski definition) is 4. The molecule has 1 atom stereocenters. The molecule has 2 aromatic rings. The summed E-state index contributed by atoms with van der Waals surface area (Å²) in [6.45, 7) is 8.13. The molecule has 1 aliphatic rings. The van der Waals surface area contributed by atoms with E-state index in [4.69, 9.17) is 4.74 Å². The topological polar surface area (TPSA) is 75.7 Å². The highest BCUT2D eigenvalue weighted by atomic mass is 32.2. The second-order valence-electron chi connectivity index (χ2n) is 7.56. The Labute approximate surface area is 172 Å². The maximum atomic E-state index is 13.6. The summed E-state index contributed by atoms with van der Waals surface area (Å²) < 4.78 is 32.4. The summed E-state index contributed by atoms with van der Waals surface area (Å²) in [5.41, 5.74) is 2.97. The number of nitrogens with one attached hydrogen (secondary N) is 1. The summed E-state index contributed by atoms with van der Waals surface area (Å²) in [5.74, 6) is 0.181. The molecule has 0 spiro atoms. The summed E-state index contributed by atoms with van der Waals surface area (Å²) in [7, 11) is -3.90. The van der Waals surface area contributed by atoms with Gasteiger partial charge in [-0.15, -0.1) is 0 Å². The van der Waals surface area contributed by atoms with Gasteiger partial charge in [-0.05, 0) is 75.9 Å². The van der Waals surface area contributed by atoms with Crippen LogP contribution >= 0.6 is 0 Å². The fourth-order valence-corrected chi connectivity index (χ4v) is 5.85. The van der Waals surface area contributed by atoms with Crippen LogP contribution in [0.25, 0.3) is 0 Å². The molecule has 0 aliphatic carbocycles. The minimum Gasteiger partial charge on any atom is -0.494 e. The van der Waals surface area contributed by atoms with E-state index in [0.29, 0.717) is 36.7 Å². The van der Waals surface area contributed by atoms with Crippen LogP contribution in [0.3, 0.4) is 0 Å². The van der Waals surface area contributed by atoms with Crippen LogP contribution in [0.4, 0.5) is 11.4 Å². The number of carbonyl (C=O) groups is 1. The molecular weight excluding hydrogens is 388 g/mol. The lowest BCUT2D eigenvalue weighted by Gasteiger charge is -2.40. The Morgan fingerprint density at radius 3 is 2.34 bits per heavy atom. The number of rotatable bonds is 5. The number of para-hydroxylation sites is 1. The standard InChI is InChI=1S/C22H28N2O4S/c1-5-28-19-12-10-18(11-13-19)23-21(25)22(4)14-7-15-24(29(22,26)27)20-16(2)8-6-9-17(20)3/h6,8-13H,5,7,14-15H2,1-4H3,(H,23,25)/t22-/m0/s1. The SMILES string of the molecule is CCOc1ccc(NC(=O)[C@]2(C)CCCN(c3c(C)cccc3C)S2(=O)=O)cc1. The number of hydrogen-bond donors (Lipinski definition) is 1. The van der Waals surface area contributed by atoms with E-state index in [1.54, 1.807) is 24.3 Å². The normalized spacial score (nSPS) is 20.9. The maximum Gasteiger partial charge on any atom is 0.249 e. The summed E-state index contributed by atoms with van der Waals surface area (Å²) >= 11 is 0. The first-order valence-corrected chi connectivity index (χ1v) is 11.3. The van der Waals surface area contributed by atoms with Crippen molar-refractivity contribution in [2.75, 3.05) is 22.8 Å². The lowest BCUT2D eigenvalue weighted by Crippen LogP contribution is -2.57. The first kappa shape index (κ1) is 21.2. The first-order valence-electron chi connectivity index (χ1n) is 9.83. The van der Waals surface area contributed by atoms with E-state index in [-0.39, 0.29) is 6.42 Å². The smallest absolute Gasteiger partial charge is 0.249 e. The summed E-state index contributed by atoms with van der Waals surface area (Å²) in [6.07, 6.45) is 0.889. The highest BCUT2D eigenvalue weighted by molar-refractivity contribution is 7.95. The van der Waals surface area contributed by atoms with Crippen LogP contribution in [0.1, 0.15) is 37.8 Å². The number of sulfonamides is 1. The number of carbonyl (C=O) groups excluding carboxylic acids is 1. The van der Waals surface area contributed by atoms with Crippen LogP contribution in [-0.4, -0.2) is 32.2 Å². The molecule has 2 aromatic carbocycles. The molecule has 1 heterocycles. The fourth-order valence-electron chi connectivity index (χ4n) is 3.78. The quantitative estimate of drug-likeness (QED) is 0.798. The molecule has 0 bridgehead atoms. The number of amides is 1. The van der Waals surface area contributed by atoms with Gasteiger partial charge in [0.25, 0.3) is 0 Å². The van der Waals surface area contributed by atoms with Gasteiger partial charge in [-0.3, -0.25) is 9.10 Å². The second-order valence-corrected chi connectivity index (χ2v) is 9.86. The van der Waals surface area contributed by atoms with Gasteiger partial charge in [0, 0.05) is 12.2 Å². The number of ether oxygens (including phenoxy) is 1. The predicted octanol–water partition coefficient (Wildman–Crippen LogP) is 4.03. The molecule has 0 unspecified atom stereocenters. The monoisotopic (exact) mass is 416 g/mol. The molecule has 0 saturated carbocycles. The molecule has 29 heavy (non-hydrogen) atoms. The molecule has 1 N–H and O–H groups in total. The molecule has 3 rings (SSSR count). The number of benzene rings is 2. The fraction of sp³-hybridized carbons (Fsp3) is 0.409. The zero-order chi connectivity index (χ0) is 21.2. The molecule has 1 aliphatic heterocycles. The molecule has 1 fully saturated rings. The lowest BCUT2D eigenvalue weighted by atomic mass is 10.0. The van der Waals surface area contributed by atoms with Gasteiger partial charge in [0.1, 0.15) is 5.75 Å². The van der Waals surface area contributed by atoms with Gasteiger partial charge < -0.3 is 10.1 Å². The molecular formula is C22H28N2O4S. The minimum absolute atomic E-state index is 0.277. The molecule has 6 nitrogen and oxygen atoms in total. The Morgan fingerprint density at radius 1 is 1.14 bits per heavy atom. The number of aryl methyl sites for hydroxylation is 2. The zero-order valence-electron chi connectivity index (χ0n) is 17.4. The van der Waals surface area contributed by atoms with E-state index >= 15 is 0 Å². The summed E-state index contributed by atoms with van der Waals surface area (Å²) in [5, 5.41) is 2.78. The van der Waals surface area contributed by atoms with Crippen LogP contribution in [0.5, 0.6) is 5.75 Å². The van der Waals surface area contributed by atoms with E-state index < -0.39 is 20.7 Å². The van der Waals surface area contributed by atoms with Crippen LogP contribution in [0.2, 0.25) is 0 Å². The van der Waals surface area contributed by atoms with Gasteiger partial charge in [-0.25, -0.2) is 8.42 Å². The van der Waals surface area contributed by atoms with Crippen molar-refractivity contribution in [1.82, 2.24) is 0 Å². The van der Waals surface area contributed by atoms with Gasteiger partial charge in [0.05, 0.1) is 12.3 Å². The van der Waals surface area contributed by atoms with Gasteiger partial charge in [-0.1, -0.05) is 18.2 Å². The Morgan fingerprint density at radius 2 is 1.76 bits per heavy atom. The molecule has 156 valence electrons. The van der Waals surface area contributed by atoms with Crippen molar-refractivity contribution in [3.05, 3.63) is 53.6 Å². The lowest BCUT2D eigenvalue weighted by molar-refractivity contribution is -0.118. The molecule has 1 saturated heterocycles. The van der Waals surface area contributed by atoms with Gasteiger partial charge in [-0.2, -0.15) is 0 Å². The average Bonchev–Trinajstić information content (AvgIpc) is 2.67. The highest BCUT2D eigenvalue weighted by Gasteiger charge is 2.52. The van der Waals surface area contributed by atoms with Crippen molar-refractivity contribution in [2.24, 2.45) is 0 Å². The van der Waals surface area contributed by atoms with Crippen molar-refractivity contribution >= 4 is 27.3 Å². The van der Waals surface area contributed by atoms with Crippen molar-refractivity contribution in [3.8, 4) is 5.75 Å². The average molecular weight is 417 g/mol. The van der Waals surface area contributed by atoms with E-state index in [9.17, 15) is 13.2 Å². The van der Waals surface area contributed by atoms with Crippen LogP contribution in [-0.2, 0) is 14.8 Å². The zero-order valence-corrected chi connectivity index (χ0v) is 18.2. The Hall–Kier alpha value is -2.54. The van der Waals surface area contributed by atoms with Gasteiger partial charge in [0.15, 0.2) is 4.75 Å². The summed E-state index contributed by atoms with van der Waals surface area (Å²) in [4.78, 5) is 13.1. The van der Waals surface area contributed by atoms with Crippen molar-refractivity contribution in [3.63, 3.8) is 0 Å². The Kier molecular flexibility index (Phi) is 5.89.